The molecule has 10 nitrogen and oxygen atoms in total. The lowest BCUT2D eigenvalue weighted by atomic mass is 9.91. The minimum absolute atomic E-state index is 0.128. The molecular formula is C23H30N4O6. The van der Waals surface area contributed by atoms with Gasteiger partial charge in [-0.25, -0.2) is 14.6 Å². The molecule has 1 aliphatic heterocycles. The van der Waals surface area contributed by atoms with Crippen LogP contribution in [0.4, 0.5) is 10.7 Å². The second-order valence-electron chi connectivity index (χ2n) is 8.74. The molecule has 1 aliphatic rings. The minimum atomic E-state index is -0.535. The van der Waals surface area contributed by atoms with Crippen molar-refractivity contribution in [2.75, 3.05) is 32.1 Å². The number of imidazole rings is 1. The van der Waals surface area contributed by atoms with Crippen LogP contribution in [-0.4, -0.2) is 65.7 Å². The highest BCUT2D eigenvalue weighted by Crippen LogP contribution is 2.35. The number of methoxy groups -OCH3 is 1. The molecule has 1 aromatic carbocycles. The minimum Gasteiger partial charge on any atom is -0.482 e. The Labute approximate surface area is 192 Å². The van der Waals surface area contributed by atoms with E-state index in [2.05, 4.69) is 20.0 Å². The number of nitrogens with one attached hydrogen (secondary N) is 2. The molecule has 0 aliphatic carbocycles. The number of nitrogens with zero attached hydrogens (tertiary/aromatic N) is 2. The second-order valence-corrected chi connectivity index (χ2v) is 8.74. The number of aromatic nitrogens is 2. The largest absolute Gasteiger partial charge is 0.482 e. The molecule has 1 fully saturated rings. The van der Waals surface area contributed by atoms with Gasteiger partial charge in [-0.3, -0.25) is 10.1 Å². The summed E-state index contributed by atoms with van der Waals surface area (Å²) in [4.78, 5) is 44.1. The molecule has 33 heavy (non-hydrogen) atoms. The summed E-state index contributed by atoms with van der Waals surface area (Å²) in [6.45, 7) is 6.50. The van der Waals surface area contributed by atoms with E-state index in [9.17, 15) is 14.4 Å². The first kappa shape index (κ1) is 24.1. The summed E-state index contributed by atoms with van der Waals surface area (Å²) >= 11 is 0. The van der Waals surface area contributed by atoms with Crippen molar-refractivity contribution in [1.82, 2.24) is 14.9 Å². The number of benzene rings is 1. The maximum atomic E-state index is 12.4. The van der Waals surface area contributed by atoms with Crippen LogP contribution in [0.3, 0.4) is 0 Å². The van der Waals surface area contributed by atoms with Crippen molar-refractivity contribution >= 4 is 24.4 Å². The Kier molecular flexibility index (Phi) is 7.57. The number of ether oxygens (including phenoxy) is 3. The van der Waals surface area contributed by atoms with E-state index in [0.717, 1.165) is 29.8 Å². The van der Waals surface area contributed by atoms with E-state index in [1.54, 1.807) is 17.0 Å². The molecule has 0 saturated carbocycles. The molecule has 2 aromatic rings. The van der Waals surface area contributed by atoms with Crippen LogP contribution in [0, 0.1) is 0 Å². The van der Waals surface area contributed by atoms with E-state index in [1.165, 1.54) is 7.11 Å². The van der Waals surface area contributed by atoms with Gasteiger partial charge in [-0.05, 0) is 57.9 Å². The number of hydrogen-bond acceptors (Lipinski definition) is 7. The third-order valence-corrected chi connectivity index (χ3v) is 5.19. The highest BCUT2D eigenvalue weighted by Gasteiger charge is 2.30. The van der Waals surface area contributed by atoms with Crippen molar-refractivity contribution in [1.29, 1.82) is 0 Å². The van der Waals surface area contributed by atoms with Crippen LogP contribution >= 0.6 is 0 Å². The van der Waals surface area contributed by atoms with Gasteiger partial charge in [0.15, 0.2) is 6.61 Å². The Morgan fingerprint density at radius 2 is 1.88 bits per heavy atom. The molecule has 0 atom stereocenters. The number of esters is 1. The summed E-state index contributed by atoms with van der Waals surface area (Å²) in [7, 11) is 1.30. The maximum Gasteiger partial charge on any atom is 0.410 e. The predicted octanol–water partition coefficient (Wildman–Crippen LogP) is 3.31. The molecule has 3 rings (SSSR count). The van der Waals surface area contributed by atoms with Crippen LogP contribution in [0.25, 0.3) is 11.3 Å². The van der Waals surface area contributed by atoms with E-state index in [0.29, 0.717) is 31.2 Å². The highest BCUT2D eigenvalue weighted by molar-refractivity contribution is 5.72. The summed E-state index contributed by atoms with van der Waals surface area (Å²) in [5, 5.41) is 2.57. The third kappa shape index (κ3) is 6.47. The lowest BCUT2D eigenvalue weighted by molar-refractivity contribution is -0.142. The molecule has 1 saturated heterocycles. The highest BCUT2D eigenvalue weighted by atomic mass is 16.6. The lowest BCUT2D eigenvalue weighted by Crippen LogP contribution is -2.41. The van der Waals surface area contributed by atoms with Crippen LogP contribution in [0.1, 0.15) is 45.2 Å². The van der Waals surface area contributed by atoms with Gasteiger partial charge in [-0.2, -0.15) is 0 Å². The number of hydrogen-bond donors (Lipinski definition) is 2. The fourth-order valence-electron chi connectivity index (χ4n) is 3.61. The number of piperidine rings is 1. The molecule has 2 heterocycles. The molecular weight excluding hydrogens is 428 g/mol. The monoisotopic (exact) mass is 458 g/mol. The van der Waals surface area contributed by atoms with Gasteiger partial charge in [0.1, 0.15) is 11.4 Å². The van der Waals surface area contributed by atoms with Crippen LogP contribution in [0.2, 0.25) is 0 Å². The first-order valence-corrected chi connectivity index (χ1v) is 10.8. The van der Waals surface area contributed by atoms with Gasteiger partial charge in [0.2, 0.25) is 12.4 Å². The van der Waals surface area contributed by atoms with Crippen molar-refractivity contribution in [3.8, 4) is 17.0 Å². The molecule has 0 radical (unpaired) electrons. The molecule has 0 spiro atoms. The van der Waals surface area contributed by atoms with Crippen molar-refractivity contribution < 1.29 is 28.6 Å². The van der Waals surface area contributed by atoms with Gasteiger partial charge < -0.3 is 24.1 Å². The topological polar surface area (TPSA) is 123 Å². The van der Waals surface area contributed by atoms with Gasteiger partial charge in [0.05, 0.1) is 12.8 Å². The summed E-state index contributed by atoms with van der Waals surface area (Å²) < 4.78 is 15.4. The number of carbonyl (C=O) groups is 3. The SMILES string of the molecule is COC(=O)COc1ccc(-c2nc(NC=O)[nH]c2C2CCN(C(=O)OC(C)(C)C)CC2)cc1. The number of rotatable bonds is 7. The summed E-state index contributed by atoms with van der Waals surface area (Å²) in [6, 6.07) is 7.17. The van der Waals surface area contributed by atoms with E-state index in [1.807, 2.05) is 32.9 Å². The van der Waals surface area contributed by atoms with E-state index in [-0.39, 0.29) is 18.6 Å². The quantitative estimate of drug-likeness (QED) is 0.482. The Hall–Kier alpha value is -3.56. The molecule has 2 amide bonds. The number of likely N-dealkylation sites (tertiary alicyclic amines) is 1. The number of H-pyrrole nitrogens is 1. The van der Waals surface area contributed by atoms with Crippen molar-refractivity contribution in [3.05, 3.63) is 30.0 Å². The Bertz CT molecular complexity index is 972. The standard InChI is InChI=1S/C23H30N4O6/c1-23(2,3)33-22(30)27-11-9-16(10-12-27)20-19(25-21(26-20)24-14-28)15-5-7-17(8-6-15)32-13-18(29)31-4/h5-8,14,16H,9-13H2,1-4H3,(H2,24,25,26,28). The van der Waals surface area contributed by atoms with Crippen LogP contribution in [0.15, 0.2) is 24.3 Å². The van der Waals surface area contributed by atoms with E-state index in [4.69, 9.17) is 9.47 Å². The number of aromatic amines is 1. The van der Waals surface area contributed by atoms with Crippen molar-refractivity contribution in [2.24, 2.45) is 0 Å². The van der Waals surface area contributed by atoms with Gasteiger partial charge in [0.25, 0.3) is 0 Å². The van der Waals surface area contributed by atoms with Crippen LogP contribution < -0.4 is 10.1 Å². The first-order chi connectivity index (χ1) is 15.7. The van der Waals surface area contributed by atoms with Crippen molar-refractivity contribution in [3.63, 3.8) is 0 Å². The Morgan fingerprint density at radius 3 is 2.45 bits per heavy atom. The maximum absolute atomic E-state index is 12.4. The summed E-state index contributed by atoms with van der Waals surface area (Å²) in [5.41, 5.74) is 1.91. The van der Waals surface area contributed by atoms with Gasteiger partial charge in [-0.15, -0.1) is 0 Å². The smallest absolute Gasteiger partial charge is 0.410 e. The zero-order valence-electron chi connectivity index (χ0n) is 19.3. The zero-order valence-corrected chi connectivity index (χ0v) is 19.3. The normalized spacial score (nSPS) is 14.5. The molecule has 1 aromatic heterocycles. The van der Waals surface area contributed by atoms with Crippen LogP contribution in [0.5, 0.6) is 5.75 Å². The predicted molar refractivity (Wildman–Crippen MR) is 121 cm³/mol. The van der Waals surface area contributed by atoms with Gasteiger partial charge in [0, 0.05) is 30.3 Å². The summed E-state index contributed by atoms with van der Waals surface area (Å²) in [5.74, 6) is 0.549. The van der Waals surface area contributed by atoms with Crippen LogP contribution in [-0.2, 0) is 19.1 Å². The van der Waals surface area contributed by atoms with Gasteiger partial charge >= 0.3 is 12.1 Å². The number of carbonyl (C=O) groups excluding carboxylic acids is 3. The zero-order chi connectivity index (χ0) is 24.0. The third-order valence-electron chi connectivity index (χ3n) is 5.19. The van der Waals surface area contributed by atoms with Crippen molar-refractivity contribution in [2.45, 2.75) is 45.1 Å². The number of anilines is 1. The molecule has 10 heteroatoms. The van der Waals surface area contributed by atoms with Gasteiger partial charge in [-0.1, -0.05) is 0 Å². The fraction of sp³-hybridized carbons (Fsp3) is 0.478. The Morgan fingerprint density at radius 1 is 1.21 bits per heavy atom. The number of amides is 2. The average molecular weight is 459 g/mol. The average Bonchev–Trinajstić information content (AvgIpc) is 3.21. The summed E-state index contributed by atoms with van der Waals surface area (Å²) in [6.07, 6.45) is 1.72. The molecule has 178 valence electrons. The van der Waals surface area contributed by atoms with E-state index >= 15 is 0 Å². The molecule has 0 bridgehead atoms. The second kappa shape index (κ2) is 10.4. The fourth-order valence-corrected chi connectivity index (χ4v) is 3.61. The van der Waals surface area contributed by atoms with E-state index < -0.39 is 11.6 Å². The molecule has 0 unspecified atom stereocenters. The lowest BCUT2D eigenvalue weighted by Gasteiger charge is -2.33. The first-order valence-electron chi connectivity index (χ1n) is 10.8. The molecule has 2 N–H and O–H groups in total. The Balaban J connectivity index is 1.74.